The molecule has 0 aliphatic carbocycles. The maximum atomic E-state index is 8.50. The number of benzene rings is 1. The van der Waals surface area contributed by atoms with Gasteiger partial charge in [-0.05, 0) is 5.56 Å². The number of rotatable bonds is 16. The van der Waals surface area contributed by atoms with Crippen molar-refractivity contribution in [2.24, 2.45) is 0 Å². The van der Waals surface area contributed by atoms with Crippen molar-refractivity contribution < 1.29 is 28.8 Å². The summed E-state index contributed by atoms with van der Waals surface area (Å²) in [5.41, 5.74) is 1.16. The van der Waals surface area contributed by atoms with Gasteiger partial charge in [0.05, 0.1) is 72.7 Å². The van der Waals surface area contributed by atoms with Gasteiger partial charge in [-0.25, -0.2) is 0 Å². The Bertz CT molecular complexity index is 346. The third-order valence-electron chi connectivity index (χ3n) is 2.84. The fourth-order valence-electron chi connectivity index (χ4n) is 1.71. The van der Waals surface area contributed by atoms with Crippen LogP contribution in [0.2, 0.25) is 0 Å². The highest BCUT2D eigenvalue weighted by atomic mass is 16.6. The van der Waals surface area contributed by atoms with Gasteiger partial charge in [0.1, 0.15) is 0 Å². The lowest BCUT2D eigenvalue weighted by atomic mass is 10.2. The van der Waals surface area contributed by atoms with Crippen LogP contribution in [0.5, 0.6) is 0 Å². The Balaban J connectivity index is 1.72. The van der Waals surface area contributed by atoms with Gasteiger partial charge in [0.2, 0.25) is 0 Å². The first kappa shape index (κ1) is 20.0. The molecule has 0 radical (unpaired) electrons. The Morgan fingerprint density at radius 2 is 1.00 bits per heavy atom. The van der Waals surface area contributed by atoms with E-state index in [-0.39, 0.29) is 6.61 Å². The summed E-state index contributed by atoms with van der Waals surface area (Å²) in [6.07, 6.45) is 0. The van der Waals surface area contributed by atoms with Gasteiger partial charge in [-0.1, -0.05) is 30.3 Å². The smallest absolute Gasteiger partial charge is 0.0718 e. The number of aliphatic hydroxyl groups excluding tert-OH is 1. The van der Waals surface area contributed by atoms with Crippen LogP contribution >= 0.6 is 0 Å². The molecule has 0 amide bonds. The van der Waals surface area contributed by atoms with E-state index in [1.165, 1.54) is 0 Å². The summed E-state index contributed by atoms with van der Waals surface area (Å²) in [6.45, 7) is 5.31. The molecule has 1 rings (SSSR count). The molecule has 0 bridgehead atoms. The first-order valence-electron chi connectivity index (χ1n) is 7.97. The molecule has 132 valence electrons. The van der Waals surface area contributed by atoms with Crippen molar-refractivity contribution in [1.82, 2.24) is 0 Å². The van der Waals surface area contributed by atoms with Crippen LogP contribution in [-0.2, 0) is 30.3 Å². The van der Waals surface area contributed by atoms with Crippen LogP contribution in [0, 0.1) is 0 Å². The van der Waals surface area contributed by atoms with Crippen molar-refractivity contribution in [3.8, 4) is 0 Å². The highest BCUT2D eigenvalue weighted by molar-refractivity contribution is 5.13. The molecule has 0 spiro atoms. The molecular weight excluding hydrogens is 300 g/mol. The lowest BCUT2D eigenvalue weighted by Crippen LogP contribution is -2.13. The first-order chi connectivity index (χ1) is 11.4. The van der Waals surface area contributed by atoms with E-state index in [1.54, 1.807) is 0 Å². The zero-order valence-electron chi connectivity index (χ0n) is 13.7. The molecule has 1 aromatic carbocycles. The van der Waals surface area contributed by atoms with E-state index in [1.807, 2.05) is 30.3 Å². The van der Waals surface area contributed by atoms with Crippen LogP contribution in [-0.4, -0.2) is 71.2 Å². The van der Waals surface area contributed by atoms with Gasteiger partial charge in [-0.2, -0.15) is 0 Å². The lowest BCUT2D eigenvalue weighted by molar-refractivity contribution is -0.0145. The van der Waals surface area contributed by atoms with E-state index in [0.717, 1.165) is 5.56 Å². The Morgan fingerprint density at radius 3 is 1.48 bits per heavy atom. The van der Waals surface area contributed by atoms with E-state index in [2.05, 4.69) is 0 Å². The minimum absolute atomic E-state index is 0.0421. The monoisotopic (exact) mass is 328 g/mol. The molecule has 0 saturated carbocycles. The molecule has 23 heavy (non-hydrogen) atoms. The molecule has 6 heteroatoms. The summed E-state index contributed by atoms with van der Waals surface area (Å²) >= 11 is 0. The molecule has 0 atom stereocenters. The summed E-state index contributed by atoms with van der Waals surface area (Å²) in [4.78, 5) is 0. The summed E-state index contributed by atoms with van der Waals surface area (Å²) in [5, 5.41) is 8.50. The summed E-state index contributed by atoms with van der Waals surface area (Å²) in [7, 11) is 0. The second-order valence-corrected chi connectivity index (χ2v) is 4.71. The number of hydrogen-bond donors (Lipinski definition) is 1. The van der Waals surface area contributed by atoms with Crippen LogP contribution < -0.4 is 0 Å². The summed E-state index contributed by atoms with van der Waals surface area (Å²) < 4.78 is 26.6. The molecule has 0 heterocycles. The van der Waals surface area contributed by atoms with Crippen molar-refractivity contribution in [1.29, 1.82) is 0 Å². The Kier molecular flexibility index (Phi) is 13.8. The SMILES string of the molecule is OCCOCCOCCOCCOCCOCc1ccccc1. The van der Waals surface area contributed by atoms with Crippen molar-refractivity contribution in [3.63, 3.8) is 0 Å². The van der Waals surface area contributed by atoms with Crippen LogP contribution in [0.1, 0.15) is 5.56 Å². The molecule has 0 saturated heterocycles. The normalized spacial score (nSPS) is 11.0. The van der Waals surface area contributed by atoms with Crippen LogP contribution in [0.4, 0.5) is 0 Å². The highest BCUT2D eigenvalue weighted by Gasteiger charge is 1.94. The average molecular weight is 328 g/mol. The summed E-state index contributed by atoms with van der Waals surface area (Å²) in [6, 6.07) is 10.1. The molecule has 0 unspecified atom stereocenters. The maximum absolute atomic E-state index is 8.50. The van der Waals surface area contributed by atoms with Gasteiger partial charge in [0.25, 0.3) is 0 Å². The standard InChI is InChI=1S/C17H28O6/c18-6-7-19-8-9-20-10-11-21-12-13-22-14-15-23-16-17-4-2-1-3-5-17/h1-5,18H,6-16H2. The van der Waals surface area contributed by atoms with Crippen LogP contribution in [0.3, 0.4) is 0 Å². The molecule has 0 aliphatic heterocycles. The fraction of sp³-hybridized carbons (Fsp3) is 0.647. The van der Waals surface area contributed by atoms with Crippen molar-refractivity contribution in [2.45, 2.75) is 6.61 Å². The van der Waals surface area contributed by atoms with Gasteiger partial charge in [-0.15, -0.1) is 0 Å². The van der Waals surface area contributed by atoms with E-state index in [4.69, 9.17) is 28.8 Å². The average Bonchev–Trinajstić information content (AvgIpc) is 2.59. The maximum Gasteiger partial charge on any atom is 0.0718 e. The molecule has 0 aliphatic rings. The second-order valence-electron chi connectivity index (χ2n) is 4.71. The van der Waals surface area contributed by atoms with E-state index in [9.17, 15) is 0 Å². The third-order valence-corrected chi connectivity index (χ3v) is 2.84. The van der Waals surface area contributed by atoms with Crippen molar-refractivity contribution >= 4 is 0 Å². The topological polar surface area (TPSA) is 66.4 Å². The Morgan fingerprint density at radius 1 is 0.565 bits per heavy atom. The third kappa shape index (κ3) is 13.1. The van der Waals surface area contributed by atoms with Gasteiger partial charge in [0.15, 0.2) is 0 Å². The van der Waals surface area contributed by atoms with Gasteiger partial charge in [0, 0.05) is 0 Å². The number of aliphatic hydroxyl groups is 1. The molecule has 1 aromatic rings. The zero-order valence-corrected chi connectivity index (χ0v) is 13.7. The molecule has 6 nitrogen and oxygen atoms in total. The minimum Gasteiger partial charge on any atom is -0.394 e. The predicted molar refractivity (Wildman–Crippen MR) is 86.5 cm³/mol. The van der Waals surface area contributed by atoms with Crippen molar-refractivity contribution in [3.05, 3.63) is 35.9 Å². The van der Waals surface area contributed by atoms with Crippen LogP contribution in [0.25, 0.3) is 0 Å². The molecule has 1 N–H and O–H groups in total. The van der Waals surface area contributed by atoms with Crippen LogP contribution in [0.15, 0.2) is 30.3 Å². The number of ether oxygens (including phenoxy) is 5. The van der Waals surface area contributed by atoms with Crippen molar-refractivity contribution in [2.75, 3.05) is 66.1 Å². The first-order valence-corrected chi connectivity index (χ1v) is 7.97. The van der Waals surface area contributed by atoms with E-state index >= 15 is 0 Å². The molecule has 0 aromatic heterocycles. The second kappa shape index (κ2) is 15.9. The van der Waals surface area contributed by atoms with Gasteiger partial charge in [-0.3, -0.25) is 0 Å². The quantitative estimate of drug-likeness (QED) is 0.461. The Labute approximate surface area is 138 Å². The highest BCUT2D eigenvalue weighted by Crippen LogP contribution is 1.99. The zero-order chi connectivity index (χ0) is 16.4. The van der Waals surface area contributed by atoms with Gasteiger partial charge < -0.3 is 28.8 Å². The minimum atomic E-state index is 0.0421. The number of hydrogen-bond acceptors (Lipinski definition) is 6. The van der Waals surface area contributed by atoms with E-state index in [0.29, 0.717) is 66.1 Å². The fourth-order valence-corrected chi connectivity index (χ4v) is 1.71. The predicted octanol–water partition coefficient (Wildman–Crippen LogP) is 1.26. The lowest BCUT2D eigenvalue weighted by Gasteiger charge is -2.07. The summed E-state index contributed by atoms with van der Waals surface area (Å²) in [5.74, 6) is 0. The van der Waals surface area contributed by atoms with E-state index < -0.39 is 0 Å². The van der Waals surface area contributed by atoms with Gasteiger partial charge >= 0.3 is 0 Å². The largest absolute Gasteiger partial charge is 0.394 e. The molecular formula is C17H28O6. The molecule has 0 fully saturated rings. The Hall–Kier alpha value is -1.02.